The summed E-state index contributed by atoms with van der Waals surface area (Å²) in [5.41, 5.74) is 2.64. The molecule has 0 heterocycles. The van der Waals surface area contributed by atoms with Gasteiger partial charge in [-0.25, -0.2) is 0 Å². The maximum Gasteiger partial charge on any atom is 0.126 e. The van der Waals surface area contributed by atoms with Crippen LogP contribution in [0.15, 0.2) is 109 Å². The molecular weight excluding hydrogens is 483 g/mol. The van der Waals surface area contributed by atoms with E-state index in [-0.39, 0.29) is 12.4 Å². The largest absolute Gasteiger partial charge is 1.00 e. The van der Waals surface area contributed by atoms with Crippen LogP contribution >= 0.6 is 7.26 Å². The molecule has 1 nitrogen and oxygen atoms in total. The van der Waals surface area contributed by atoms with Crippen molar-refractivity contribution in [3.8, 4) is 5.75 Å². The number of benzene rings is 4. The second-order valence-corrected chi connectivity index (χ2v) is 19.3. The molecule has 0 saturated carbocycles. The molecular formula is C31H36ClOPSi. The van der Waals surface area contributed by atoms with Gasteiger partial charge in [0.15, 0.2) is 0 Å². The predicted molar refractivity (Wildman–Crippen MR) is 154 cm³/mol. The molecule has 0 aromatic heterocycles. The SMILES string of the molecule is Cc1c(OCC[Si](C)(C)C)cccc1[P+](Cc1ccccc1)(c1ccccc1)c1ccccc1.[Cl-]. The van der Waals surface area contributed by atoms with Gasteiger partial charge in [0.25, 0.3) is 0 Å². The Morgan fingerprint density at radius 2 is 1.17 bits per heavy atom. The Balaban J connectivity index is 0.00000342. The molecule has 4 heteroatoms. The average Bonchev–Trinajstić information content (AvgIpc) is 2.85. The average molecular weight is 519 g/mol. The molecule has 0 fully saturated rings. The molecule has 0 bridgehead atoms. The number of hydrogen-bond acceptors (Lipinski definition) is 1. The lowest BCUT2D eigenvalue weighted by molar-refractivity contribution is -0.00000761. The zero-order chi connectivity index (χ0) is 24.0. The molecule has 0 amide bonds. The normalized spacial score (nSPS) is 11.5. The number of ether oxygens (including phenoxy) is 1. The zero-order valence-corrected chi connectivity index (χ0v) is 23.9. The first-order chi connectivity index (χ1) is 16.4. The van der Waals surface area contributed by atoms with Crippen LogP contribution in [-0.4, -0.2) is 14.7 Å². The Hall–Kier alpha value is -2.38. The molecule has 0 N–H and O–H groups in total. The van der Waals surface area contributed by atoms with Crippen LogP contribution in [0, 0.1) is 6.92 Å². The molecule has 0 aliphatic rings. The van der Waals surface area contributed by atoms with E-state index in [0.717, 1.165) is 18.5 Å². The van der Waals surface area contributed by atoms with Crippen molar-refractivity contribution in [1.29, 1.82) is 0 Å². The Kier molecular flexibility index (Phi) is 9.36. The van der Waals surface area contributed by atoms with Gasteiger partial charge in [-0.2, -0.15) is 0 Å². The van der Waals surface area contributed by atoms with Gasteiger partial charge >= 0.3 is 0 Å². The first-order valence-electron chi connectivity index (χ1n) is 12.2. The van der Waals surface area contributed by atoms with E-state index in [1.165, 1.54) is 33.1 Å². The second-order valence-electron chi connectivity index (χ2n) is 10.2. The van der Waals surface area contributed by atoms with E-state index in [2.05, 4.69) is 136 Å². The van der Waals surface area contributed by atoms with Crippen molar-refractivity contribution in [3.63, 3.8) is 0 Å². The minimum atomic E-state index is -1.98. The topological polar surface area (TPSA) is 9.23 Å². The Morgan fingerprint density at radius 3 is 1.69 bits per heavy atom. The van der Waals surface area contributed by atoms with Crippen molar-refractivity contribution >= 4 is 31.2 Å². The van der Waals surface area contributed by atoms with E-state index in [1.54, 1.807) is 0 Å². The van der Waals surface area contributed by atoms with E-state index >= 15 is 0 Å². The van der Waals surface area contributed by atoms with Crippen molar-refractivity contribution in [3.05, 3.63) is 120 Å². The van der Waals surface area contributed by atoms with Gasteiger partial charge in [-0.3, -0.25) is 0 Å². The number of halogens is 1. The van der Waals surface area contributed by atoms with E-state index in [4.69, 9.17) is 4.74 Å². The van der Waals surface area contributed by atoms with Crippen molar-refractivity contribution in [2.75, 3.05) is 6.61 Å². The van der Waals surface area contributed by atoms with Crippen LogP contribution in [0.1, 0.15) is 11.1 Å². The summed E-state index contributed by atoms with van der Waals surface area (Å²) < 4.78 is 6.42. The summed E-state index contributed by atoms with van der Waals surface area (Å²) in [7, 11) is -3.13. The van der Waals surface area contributed by atoms with Crippen molar-refractivity contribution in [2.45, 2.75) is 38.8 Å². The van der Waals surface area contributed by atoms with Crippen LogP contribution in [0.25, 0.3) is 0 Å². The highest BCUT2D eigenvalue weighted by atomic mass is 35.5. The maximum atomic E-state index is 6.42. The van der Waals surface area contributed by atoms with E-state index in [1.807, 2.05) is 0 Å². The predicted octanol–water partition coefficient (Wildman–Crippen LogP) is 4.21. The Labute approximate surface area is 219 Å². The minimum Gasteiger partial charge on any atom is -1.00 e. The van der Waals surface area contributed by atoms with Crippen LogP contribution in [0.2, 0.25) is 25.7 Å². The van der Waals surface area contributed by atoms with Crippen LogP contribution < -0.4 is 33.1 Å². The standard InChI is InChI=1S/C31H36OPSi.ClH/c1-26-30(32-23-24-34(2,3)4)21-14-22-31(26)33(28-17-10-6-11-18-28,29-19-12-7-13-20-29)25-27-15-8-5-9-16-27;/h5-22H,23-25H2,1-4H3;1H/q+1;/p-1. The maximum absolute atomic E-state index is 6.42. The summed E-state index contributed by atoms with van der Waals surface area (Å²) >= 11 is 0. The molecule has 0 atom stereocenters. The van der Waals surface area contributed by atoms with Gasteiger partial charge in [-0.15, -0.1) is 0 Å². The highest BCUT2D eigenvalue weighted by Crippen LogP contribution is 2.59. The van der Waals surface area contributed by atoms with Crippen molar-refractivity contribution < 1.29 is 17.1 Å². The third-order valence-corrected chi connectivity index (χ3v) is 12.6. The van der Waals surface area contributed by atoms with Crippen molar-refractivity contribution in [2.24, 2.45) is 0 Å². The lowest BCUT2D eigenvalue weighted by Gasteiger charge is -2.29. The summed E-state index contributed by atoms with van der Waals surface area (Å²) in [5, 5.41) is 4.24. The highest BCUT2D eigenvalue weighted by molar-refractivity contribution is 7.95. The van der Waals surface area contributed by atoms with Crippen LogP contribution in [0.5, 0.6) is 5.75 Å². The third-order valence-electron chi connectivity index (χ3n) is 6.43. The second kappa shape index (κ2) is 12.0. The Bertz CT molecular complexity index is 1150. The fourth-order valence-corrected chi connectivity index (χ4v) is 9.81. The third kappa shape index (κ3) is 6.44. The molecule has 0 unspecified atom stereocenters. The minimum absolute atomic E-state index is 0. The molecule has 0 aliphatic heterocycles. The summed E-state index contributed by atoms with van der Waals surface area (Å²) in [6.07, 6.45) is 0.987. The molecule has 4 rings (SSSR count). The number of hydrogen-bond donors (Lipinski definition) is 0. The van der Waals surface area contributed by atoms with Crippen molar-refractivity contribution in [1.82, 2.24) is 0 Å². The molecule has 35 heavy (non-hydrogen) atoms. The van der Waals surface area contributed by atoms with E-state index in [0.29, 0.717) is 0 Å². The first kappa shape index (κ1) is 27.2. The van der Waals surface area contributed by atoms with Gasteiger partial charge in [0, 0.05) is 13.6 Å². The highest BCUT2D eigenvalue weighted by Gasteiger charge is 2.47. The summed E-state index contributed by atoms with van der Waals surface area (Å²) in [6.45, 7) is 10.3. The fraction of sp³-hybridized carbons (Fsp3) is 0.226. The lowest BCUT2D eigenvalue weighted by atomic mass is 10.2. The monoisotopic (exact) mass is 518 g/mol. The molecule has 0 radical (unpaired) electrons. The van der Waals surface area contributed by atoms with E-state index < -0.39 is 15.3 Å². The van der Waals surface area contributed by atoms with Gasteiger partial charge in [-0.1, -0.05) is 92.4 Å². The molecule has 4 aromatic carbocycles. The lowest BCUT2D eigenvalue weighted by Crippen LogP contribution is -3.00. The smallest absolute Gasteiger partial charge is 0.126 e. The number of rotatable bonds is 9. The van der Waals surface area contributed by atoms with Crippen LogP contribution in [-0.2, 0) is 6.16 Å². The van der Waals surface area contributed by atoms with Gasteiger partial charge in [0.05, 0.1) is 12.8 Å². The molecule has 0 spiro atoms. The van der Waals surface area contributed by atoms with Gasteiger partial charge in [-0.05, 0) is 54.9 Å². The first-order valence-corrected chi connectivity index (χ1v) is 17.8. The molecule has 0 aliphatic carbocycles. The zero-order valence-electron chi connectivity index (χ0n) is 21.2. The quantitative estimate of drug-likeness (QED) is 0.238. The van der Waals surface area contributed by atoms with Crippen LogP contribution in [0.4, 0.5) is 0 Å². The summed E-state index contributed by atoms with van der Waals surface area (Å²) in [4.78, 5) is 0. The fourth-order valence-electron chi connectivity index (χ4n) is 4.56. The van der Waals surface area contributed by atoms with Crippen LogP contribution in [0.3, 0.4) is 0 Å². The van der Waals surface area contributed by atoms with E-state index in [9.17, 15) is 0 Å². The van der Waals surface area contributed by atoms with Gasteiger partial charge in [0.2, 0.25) is 0 Å². The molecule has 4 aromatic rings. The molecule has 0 saturated heterocycles. The summed E-state index contributed by atoms with van der Waals surface area (Å²) in [5.74, 6) is 1.03. The summed E-state index contributed by atoms with van der Waals surface area (Å²) in [6, 6.07) is 41.1. The molecule has 182 valence electrons. The Morgan fingerprint density at radius 1 is 0.657 bits per heavy atom. The van der Waals surface area contributed by atoms with Gasteiger partial charge in [0.1, 0.15) is 28.9 Å². The van der Waals surface area contributed by atoms with Gasteiger partial charge < -0.3 is 17.1 Å².